The van der Waals surface area contributed by atoms with Crippen LogP contribution in [0.15, 0.2) is 0 Å². The van der Waals surface area contributed by atoms with Gasteiger partial charge in [-0.2, -0.15) is 0 Å². The van der Waals surface area contributed by atoms with Crippen molar-refractivity contribution in [3.8, 4) is 0 Å². The van der Waals surface area contributed by atoms with E-state index in [9.17, 15) is 0 Å². The molecule has 0 rings (SSSR count). The SMILES string of the molecule is CCN(CC)NC.NN. The lowest BCUT2D eigenvalue weighted by Gasteiger charge is -2.14. The van der Waals surface area contributed by atoms with E-state index in [2.05, 4.69) is 36.0 Å². The van der Waals surface area contributed by atoms with Gasteiger partial charge in [0, 0.05) is 13.1 Å². The maximum absolute atomic E-state index is 4.00. The van der Waals surface area contributed by atoms with Crippen LogP contribution in [0.2, 0.25) is 0 Å². The van der Waals surface area contributed by atoms with Gasteiger partial charge in [0.1, 0.15) is 0 Å². The van der Waals surface area contributed by atoms with Crippen LogP contribution in [0, 0.1) is 0 Å². The Labute approximate surface area is 57.1 Å². The number of nitrogens with one attached hydrogen (secondary N) is 1. The molecule has 0 aromatic rings. The minimum absolute atomic E-state index is 1.08. The van der Waals surface area contributed by atoms with E-state index in [0.717, 1.165) is 13.1 Å². The Balaban J connectivity index is 0. The Morgan fingerprint density at radius 3 is 1.56 bits per heavy atom. The summed E-state index contributed by atoms with van der Waals surface area (Å²) in [6, 6.07) is 0. The average Bonchev–Trinajstić information content (AvgIpc) is 1.96. The van der Waals surface area contributed by atoms with Crippen LogP contribution >= 0.6 is 0 Å². The van der Waals surface area contributed by atoms with Gasteiger partial charge in [-0.25, -0.2) is 5.01 Å². The van der Waals surface area contributed by atoms with Gasteiger partial charge in [0.2, 0.25) is 0 Å². The summed E-state index contributed by atoms with van der Waals surface area (Å²) in [6.07, 6.45) is 0. The molecule has 0 amide bonds. The predicted octanol–water partition coefficient (Wildman–Crippen LogP) is -0.719. The van der Waals surface area contributed by atoms with Gasteiger partial charge in [0.15, 0.2) is 0 Å². The van der Waals surface area contributed by atoms with Crippen LogP contribution in [-0.2, 0) is 0 Å². The van der Waals surface area contributed by atoms with Crippen molar-refractivity contribution in [2.75, 3.05) is 20.1 Å². The smallest absolute Gasteiger partial charge is 0.0102 e. The second-order valence-electron chi connectivity index (χ2n) is 1.40. The zero-order chi connectivity index (χ0) is 7.70. The summed E-state index contributed by atoms with van der Waals surface area (Å²) >= 11 is 0. The zero-order valence-electron chi connectivity index (χ0n) is 6.52. The van der Waals surface area contributed by atoms with E-state index in [4.69, 9.17) is 0 Å². The van der Waals surface area contributed by atoms with Crippen molar-refractivity contribution in [1.29, 1.82) is 0 Å². The third-order valence-electron chi connectivity index (χ3n) is 1.08. The standard InChI is InChI=1S/C5H14N2.H4N2/c1-4-7(5-2)6-3;1-2/h6H,4-5H2,1-3H3;1-2H2. The van der Waals surface area contributed by atoms with Crippen molar-refractivity contribution in [1.82, 2.24) is 10.4 Å². The van der Waals surface area contributed by atoms with Crippen LogP contribution in [0.1, 0.15) is 13.8 Å². The van der Waals surface area contributed by atoms with Crippen LogP contribution in [0.4, 0.5) is 0 Å². The number of rotatable bonds is 3. The summed E-state index contributed by atoms with van der Waals surface area (Å²) in [5.74, 6) is 8.00. The van der Waals surface area contributed by atoms with Crippen molar-refractivity contribution in [2.45, 2.75) is 13.8 Å². The number of hydrogen-bond donors (Lipinski definition) is 3. The summed E-state index contributed by atoms with van der Waals surface area (Å²) in [7, 11) is 1.94. The lowest BCUT2D eigenvalue weighted by atomic mass is 10.6. The molecule has 4 nitrogen and oxygen atoms in total. The molecule has 0 aliphatic heterocycles. The lowest BCUT2D eigenvalue weighted by molar-refractivity contribution is 0.232. The highest BCUT2D eigenvalue weighted by molar-refractivity contribution is 4.36. The molecule has 0 aliphatic rings. The Bertz CT molecular complexity index is 30.4. The predicted molar refractivity (Wildman–Crippen MR) is 40.4 cm³/mol. The van der Waals surface area contributed by atoms with Gasteiger partial charge in [-0.15, -0.1) is 0 Å². The molecule has 0 aromatic carbocycles. The first kappa shape index (κ1) is 11.6. The molecule has 4 heteroatoms. The molecule has 0 aromatic heterocycles. The van der Waals surface area contributed by atoms with Crippen LogP contribution in [0.3, 0.4) is 0 Å². The summed E-state index contributed by atoms with van der Waals surface area (Å²) in [6.45, 7) is 6.40. The van der Waals surface area contributed by atoms with E-state index < -0.39 is 0 Å². The number of nitrogens with two attached hydrogens (primary N) is 2. The van der Waals surface area contributed by atoms with E-state index >= 15 is 0 Å². The molecule has 0 heterocycles. The first-order valence-corrected chi connectivity index (χ1v) is 3.10. The summed E-state index contributed by atoms with van der Waals surface area (Å²) < 4.78 is 0. The topological polar surface area (TPSA) is 67.3 Å². The van der Waals surface area contributed by atoms with Gasteiger partial charge in [-0.1, -0.05) is 13.8 Å². The summed E-state index contributed by atoms with van der Waals surface area (Å²) in [5.41, 5.74) is 3.03. The number of hydrogen-bond acceptors (Lipinski definition) is 4. The molecular formula is C5H18N4. The normalized spacial score (nSPS) is 8.67. The fourth-order valence-electron chi connectivity index (χ4n) is 0.540. The lowest BCUT2D eigenvalue weighted by Crippen LogP contribution is -2.34. The minimum atomic E-state index is 1.08. The first-order valence-electron chi connectivity index (χ1n) is 3.10. The molecular weight excluding hydrogens is 116 g/mol. The minimum Gasteiger partial charge on any atom is -0.274 e. The molecule has 0 fully saturated rings. The highest BCUT2D eigenvalue weighted by Gasteiger charge is 1.88. The van der Waals surface area contributed by atoms with Gasteiger partial charge in [-0.3, -0.25) is 17.1 Å². The van der Waals surface area contributed by atoms with Crippen molar-refractivity contribution in [3.63, 3.8) is 0 Å². The second-order valence-corrected chi connectivity index (χ2v) is 1.40. The van der Waals surface area contributed by atoms with Gasteiger partial charge in [0.05, 0.1) is 0 Å². The molecule has 0 atom stereocenters. The Kier molecular flexibility index (Phi) is 13.9. The van der Waals surface area contributed by atoms with Crippen LogP contribution in [-0.4, -0.2) is 25.1 Å². The molecule has 0 radical (unpaired) electrons. The fraction of sp³-hybridized carbons (Fsp3) is 1.00. The molecule has 0 spiro atoms. The molecule has 0 saturated heterocycles. The Hall–Kier alpha value is -0.160. The number of nitrogens with zero attached hydrogens (tertiary/aromatic N) is 1. The van der Waals surface area contributed by atoms with E-state index in [1.807, 2.05) is 7.05 Å². The van der Waals surface area contributed by atoms with E-state index in [0.29, 0.717) is 0 Å². The van der Waals surface area contributed by atoms with Crippen molar-refractivity contribution >= 4 is 0 Å². The Morgan fingerprint density at radius 1 is 1.22 bits per heavy atom. The maximum Gasteiger partial charge on any atom is 0.0102 e. The van der Waals surface area contributed by atoms with Gasteiger partial charge < -0.3 is 0 Å². The van der Waals surface area contributed by atoms with Crippen LogP contribution in [0.25, 0.3) is 0 Å². The summed E-state index contributed by atoms with van der Waals surface area (Å²) in [5, 5.41) is 2.12. The monoisotopic (exact) mass is 134 g/mol. The van der Waals surface area contributed by atoms with Crippen molar-refractivity contribution < 1.29 is 0 Å². The molecule has 5 N–H and O–H groups in total. The first-order chi connectivity index (χ1) is 4.35. The molecule has 0 saturated carbocycles. The van der Waals surface area contributed by atoms with E-state index in [1.54, 1.807) is 0 Å². The highest BCUT2D eigenvalue weighted by Crippen LogP contribution is 1.74. The molecule has 9 heavy (non-hydrogen) atoms. The molecule has 0 aliphatic carbocycles. The molecule has 58 valence electrons. The van der Waals surface area contributed by atoms with Gasteiger partial charge >= 0.3 is 0 Å². The fourth-order valence-corrected chi connectivity index (χ4v) is 0.540. The van der Waals surface area contributed by atoms with Gasteiger partial charge in [0.25, 0.3) is 0 Å². The second kappa shape index (κ2) is 10.8. The van der Waals surface area contributed by atoms with Crippen molar-refractivity contribution in [2.24, 2.45) is 11.7 Å². The number of hydrazine groups is 2. The maximum atomic E-state index is 4.00. The molecule has 0 unspecified atom stereocenters. The third-order valence-corrected chi connectivity index (χ3v) is 1.08. The highest BCUT2D eigenvalue weighted by atomic mass is 15.5. The third kappa shape index (κ3) is 7.84. The van der Waals surface area contributed by atoms with Crippen molar-refractivity contribution in [3.05, 3.63) is 0 Å². The summed E-state index contributed by atoms with van der Waals surface area (Å²) in [4.78, 5) is 0. The van der Waals surface area contributed by atoms with E-state index in [-0.39, 0.29) is 0 Å². The molecule has 0 bridgehead atoms. The average molecular weight is 134 g/mol. The zero-order valence-corrected chi connectivity index (χ0v) is 6.52. The Morgan fingerprint density at radius 2 is 1.56 bits per heavy atom. The van der Waals surface area contributed by atoms with E-state index in [1.165, 1.54) is 0 Å². The van der Waals surface area contributed by atoms with Crippen LogP contribution in [0.5, 0.6) is 0 Å². The van der Waals surface area contributed by atoms with Crippen LogP contribution < -0.4 is 17.1 Å². The largest absolute Gasteiger partial charge is 0.274 e. The van der Waals surface area contributed by atoms with Gasteiger partial charge in [-0.05, 0) is 7.05 Å². The quantitative estimate of drug-likeness (QED) is 0.352.